The number of nitrogens with zero attached hydrogens (tertiary/aromatic N) is 1. The molecule has 2 rings (SSSR count). The first-order chi connectivity index (χ1) is 9.13. The quantitative estimate of drug-likeness (QED) is 0.598. The van der Waals surface area contributed by atoms with Gasteiger partial charge in [0, 0.05) is 12.4 Å². The minimum atomic E-state index is -0.594. The van der Waals surface area contributed by atoms with E-state index in [1.807, 2.05) is 0 Å². The van der Waals surface area contributed by atoms with Crippen molar-refractivity contribution in [3.63, 3.8) is 0 Å². The molecule has 0 aliphatic rings. The summed E-state index contributed by atoms with van der Waals surface area (Å²) in [6.07, 6.45) is 3.08. The number of anilines is 2. The second-order valence-electron chi connectivity index (χ2n) is 3.62. The minimum absolute atomic E-state index is 0.0508. The summed E-state index contributed by atoms with van der Waals surface area (Å²) >= 11 is 3.26. The van der Waals surface area contributed by atoms with E-state index in [1.165, 1.54) is 24.4 Å². The van der Waals surface area contributed by atoms with Crippen molar-refractivity contribution in [2.75, 3.05) is 10.7 Å². The lowest BCUT2D eigenvalue weighted by atomic mass is 10.1. The number of para-hydroxylation sites is 1. The Morgan fingerprint density at radius 2 is 2.16 bits per heavy atom. The van der Waals surface area contributed by atoms with Gasteiger partial charge in [-0.2, -0.15) is 0 Å². The molecule has 5 nitrogen and oxygen atoms in total. The Morgan fingerprint density at radius 3 is 2.84 bits per heavy atom. The zero-order valence-corrected chi connectivity index (χ0v) is 11.2. The average Bonchev–Trinajstić information content (AvgIpc) is 2.41. The molecule has 2 aromatic rings. The molecule has 0 spiro atoms. The molecule has 1 aromatic carbocycles. The summed E-state index contributed by atoms with van der Waals surface area (Å²) in [7, 11) is 0. The molecule has 0 aliphatic heterocycles. The van der Waals surface area contributed by atoms with Gasteiger partial charge in [-0.1, -0.05) is 6.07 Å². The summed E-state index contributed by atoms with van der Waals surface area (Å²) in [4.78, 5) is 16.0. The molecule has 0 aliphatic carbocycles. The fourth-order valence-corrected chi connectivity index (χ4v) is 1.88. The van der Waals surface area contributed by atoms with Crippen molar-refractivity contribution in [2.24, 2.45) is 5.84 Å². The Labute approximate surface area is 117 Å². The van der Waals surface area contributed by atoms with Crippen LogP contribution >= 0.6 is 15.9 Å². The van der Waals surface area contributed by atoms with E-state index in [4.69, 9.17) is 5.84 Å². The van der Waals surface area contributed by atoms with E-state index in [-0.39, 0.29) is 11.3 Å². The van der Waals surface area contributed by atoms with Gasteiger partial charge < -0.3 is 10.7 Å². The third-order valence-corrected chi connectivity index (χ3v) is 3.06. The number of halogens is 2. The third kappa shape index (κ3) is 2.88. The number of benzene rings is 1. The number of pyridine rings is 1. The van der Waals surface area contributed by atoms with Crippen LogP contribution in [0.4, 0.5) is 15.8 Å². The monoisotopic (exact) mass is 324 g/mol. The molecule has 1 aromatic heterocycles. The predicted molar refractivity (Wildman–Crippen MR) is 74.1 cm³/mol. The van der Waals surface area contributed by atoms with E-state index in [1.54, 1.807) is 12.3 Å². The lowest BCUT2D eigenvalue weighted by molar-refractivity contribution is 0.102. The molecule has 19 heavy (non-hydrogen) atoms. The molecule has 0 fully saturated rings. The van der Waals surface area contributed by atoms with E-state index in [2.05, 4.69) is 31.7 Å². The maximum absolute atomic E-state index is 13.5. The number of nitrogens with one attached hydrogen (secondary N) is 2. The van der Waals surface area contributed by atoms with Crippen LogP contribution in [0.2, 0.25) is 0 Å². The molecule has 0 radical (unpaired) electrons. The first-order valence-corrected chi connectivity index (χ1v) is 6.08. The van der Waals surface area contributed by atoms with Crippen LogP contribution in [0.5, 0.6) is 0 Å². The zero-order chi connectivity index (χ0) is 13.8. The normalized spacial score (nSPS) is 10.1. The molecule has 0 atom stereocenters. The molecule has 0 bridgehead atoms. The Bertz CT molecular complexity index is 620. The summed E-state index contributed by atoms with van der Waals surface area (Å²) in [6.45, 7) is 0. The number of carbonyl (C=O) groups excluding carboxylic acids is 1. The van der Waals surface area contributed by atoms with Crippen molar-refractivity contribution in [1.82, 2.24) is 4.98 Å². The average molecular weight is 325 g/mol. The van der Waals surface area contributed by atoms with Crippen molar-refractivity contribution >= 4 is 33.2 Å². The topological polar surface area (TPSA) is 80.0 Å². The number of hydrogen-bond acceptors (Lipinski definition) is 4. The van der Waals surface area contributed by atoms with Crippen molar-refractivity contribution in [3.05, 3.63) is 52.5 Å². The number of hydrazine groups is 1. The Hall–Kier alpha value is -1.99. The fourth-order valence-electron chi connectivity index (χ4n) is 1.53. The van der Waals surface area contributed by atoms with Crippen LogP contribution < -0.4 is 16.6 Å². The molecule has 7 heteroatoms. The zero-order valence-electron chi connectivity index (χ0n) is 9.65. The summed E-state index contributed by atoms with van der Waals surface area (Å²) in [5.74, 6) is 4.16. The van der Waals surface area contributed by atoms with Crippen LogP contribution in [0, 0.1) is 5.82 Å². The van der Waals surface area contributed by atoms with Crippen molar-refractivity contribution in [2.45, 2.75) is 0 Å². The predicted octanol–water partition coefficient (Wildman–Crippen LogP) is 2.52. The van der Waals surface area contributed by atoms with Crippen LogP contribution in [0.15, 0.2) is 41.1 Å². The van der Waals surface area contributed by atoms with E-state index in [0.29, 0.717) is 10.2 Å². The van der Waals surface area contributed by atoms with E-state index >= 15 is 0 Å². The summed E-state index contributed by atoms with van der Waals surface area (Å²) in [5, 5.41) is 2.64. The lowest BCUT2D eigenvalue weighted by Gasteiger charge is -2.11. The highest BCUT2D eigenvalue weighted by Gasteiger charge is 2.15. The lowest BCUT2D eigenvalue weighted by Crippen LogP contribution is -2.18. The van der Waals surface area contributed by atoms with Crippen LogP contribution in [0.1, 0.15) is 10.4 Å². The summed E-state index contributed by atoms with van der Waals surface area (Å²) in [6, 6.07) is 5.75. The number of amides is 1. The van der Waals surface area contributed by atoms with E-state index < -0.39 is 11.7 Å². The largest absolute Gasteiger partial charge is 0.321 e. The molecule has 1 amide bonds. The second-order valence-corrected chi connectivity index (χ2v) is 4.47. The van der Waals surface area contributed by atoms with Gasteiger partial charge in [0.05, 0.1) is 21.4 Å². The number of carbonyl (C=O) groups is 1. The van der Waals surface area contributed by atoms with Gasteiger partial charge in [-0.15, -0.1) is 0 Å². The van der Waals surface area contributed by atoms with Crippen LogP contribution in [-0.2, 0) is 0 Å². The fraction of sp³-hybridized carbons (Fsp3) is 0. The molecule has 0 saturated carbocycles. The van der Waals surface area contributed by atoms with Gasteiger partial charge in [-0.3, -0.25) is 15.6 Å². The van der Waals surface area contributed by atoms with Gasteiger partial charge in [-0.05, 0) is 34.1 Å². The highest BCUT2D eigenvalue weighted by Crippen LogP contribution is 2.23. The number of rotatable bonds is 3. The second kappa shape index (κ2) is 5.77. The molecule has 1 heterocycles. The maximum atomic E-state index is 13.5. The van der Waals surface area contributed by atoms with Crippen LogP contribution in [-0.4, -0.2) is 10.9 Å². The van der Waals surface area contributed by atoms with Gasteiger partial charge in [-0.25, -0.2) is 4.39 Å². The molecular weight excluding hydrogens is 315 g/mol. The minimum Gasteiger partial charge on any atom is -0.321 e. The van der Waals surface area contributed by atoms with Crippen molar-refractivity contribution in [3.8, 4) is 0 Å². The van der Waals surface area contributed by atoms with Crippen LogP contribution in [0.3, 0.4) is 0 Å². The smallest absolute Gasteiger partial charge is 0.257 e. The van der Waals surface area contributed by atoms with Crippen LogP contribution in [0.25, 0.3) is 0 Å². The Morgan fingerprint density at radius 1 is 1.37 bits per heavy atom. The number of nitrogens with two attached hydrogens (primary N) is 1. The first-order valence-electron chi connectivity index (χ1n) is 5.29. The van der Waals surface area contributed by atoms with Gasteiger partial charge in [0.1, 0.15) is 5.82 Å². The Balaban J connectivity index is 2.31. The molecular formula is C12H10BrFN4O. The molecule has 98 valence electrons. The van der Waals surface area contributed by atoms with Crippen molar-refractivity contribution in [1.29, 1.82) is 0 Å². The number of nitrogen functional groups attached to an aromatic ring is 1. The number of hydrogen-bond donors (Lipinski definition) is 3. The van der Waals surface area contributed by atoms with E-state index in [9.17, 15) is 9.18 Å². The Kier molecular flexibility index (Phi) is 4.08. The molecule has 0 saturated heterocycles. The SMILES string of the molecule is NNc1c(F)cccc1C(=O)Nc1ccncc1Br. The van der Waals surface area contributed by atoms with Gasteiger partial charge in [0.2, 0.25) is 0 Å². The maximum Gasteiger partial charge on any atom is 0.257 e. The standard InChI is InChI=1S/C12H10BrFN4O/c13-8-6-16-5-4-10(8)17-12(19)7-2-1-3-9(14)11(7)18-15/h1-6,18H,15H2,(H,16,17,19). The highest BCUT2D eigenvalue weighted by molar-refractivity contribution is 9.10. The molecule has 4 N–H and O–H groups in total. The van der Waals surface area contributed by atoms with E-state index in [0.717, 1.165) is 0 Å². The summed E-state index contributed by atoms with van der Waals surface area (Å²) in [5.41, 5.74) is 2.79. The summed E-state index contributed by atoms with van der Waals surface area (Å²) < 4.78 is 14.1. The molecule has 0 unspecified atom stereocenters. The van der Waals surface area contributed by atoms with Gasteiger partial charge in [0.15, 0.2) is 0 Å². The third-order valence-electron chi connectivity index (χ3n) is 2.42. The van der Waals surface area contributed by atoms with Gasteiger partial charge >= 0.3 is 0 Å². The van der Waals surface area contributed by atoms with Crippen molar-refractivity contribution < 1.29 is 9.18 Å². The number of aromatic nitrogens is 1. The van der Waals surface area contributed by atoms with Gasteiger partial charge in [0.25, 0.3) is 5.91 Å². The highest BCUT2D eigenvalue weighted by atomic mass is 79.9. The first kappa shape index (κ1) is 13.4.